The highest BCUT2D eigenvalue weighted by molar-refractivity contribution is 5.90. The van der Waals surface area contributed by atoms with Gasteiger partial charge in [-0.25, -0.2) is 4.79 Å². The molecule has 1 saturated heterocycles. The Morgan fingerprint density at radius 2 is 2.12 bits per heavy atom. The first-order valence-electron chi connectivity index (χ1n) is 5.89. The minimum absolute atomic E-state index is 0.0336. The highest BCUT2D eigenvalue weighted by atomic mass is 16.5. The van der Waals surface area contributed by atoms with Gasteiger partial charge < -0.3 is 10.1 Å². The molecule has 2 rings (SSSR count). The molecule has 2 fully saturated rings. The highest BCUT2D eigenvalue weighted by Crippen LogP contribution is 2.62. The van der Waals surface area contributed by atoms with Gasteiger partial charge >= 0.3 is 5.97 Å². The topological polar surface area (TPSA) is 55.4 Å². The normalized spacial score (nSPS) is 35.7. The monoisotopic (exact) mass is 225 g/mol. The van der Waals surface area contributed by atoms with Gasteiger partial charge in [0.05, 0.1) is 6.61 Å². The van der Waals surface area contributed by atoms with Gasteiger partial charge in [0.2, 0.25) is 5.91 Å². The quantitative estimate of drug-likeness (QED) is 0.735. The van der Waals surface area contributed by atoms with Crippen LogP contribution in [0.15, 0.2) is 0 Å². The number of amides is 1. The van der Waals surface area contributed by atoms with Gasteiger partial charge in [0.1, 0.15) is 6.04 Å². The SMILES string of the molecule is CCOC(=O)C1NC(=O)CC1(C)C1(C)CC1. The predicted octanol–water partition coefficient (Wildman–Crippen LogP) is 1.24. The molecule has 90 valence electrons. The third-order valence-corrected chi connectivity index (χ3v) is 4.37. The number of esters is 1. The summed E-state index contributed by atoms with van der Waals surface area (Å²) in [5.41, 5.74) is -0.167. The molecule has 2 unspecified atom stereocenters. The second kappa shape index (κ2) is 3.47. The molecular formula is C12H19NO3. The number of nitrogens with one attached hydrogen (secondary N) is 1. The van der Waals surface area contributed by atoms with Gasteiger partial charge in [0.25, 0.3) is 0 Å². The van der Waals surface area contributed by atoms with Crippen molar-refractivity contribution >= 4 is 11.9 Å². The average molecular weight is 225 g/mol. The molecule has 4 nitrogen and oxygen atoms in total. The summed E-state index contributed by atoms with van der Waals surface area (Å²) in [4.78, 5) is 23.4. The molecule has 2 aliphatic rings. The van der Waals surface area contributed by atoms with Crippen LogP contribution in [0.4, 0.5) is 0 Å². The van der Waals surface area contributed by atoms with Crippen LogP contribution in [0.25, 0.3) is 0 Å². The summed E-state index contributed by atoms with van der Waals surface area (Å²) in [6, 6.07) is -0.465. The Morgan fingerprint density at radius 1 is 1.50 bits per heavy atom. The largest absolute Gasteiger partial charge is 0.464 e. The van der Waals surface area contributed by atoms with Crippen LogP contribution in [0.1, 0.15) is 40.0 Å². The van der Waals surface area contributed by atoms with Crippen LogP contribution in [0.3, 0.4) is 0 Å². The second-order valence-corrected chi connectivity index (χ2v) is 5.41. The van der Waals surface area contributed by atoms with Crippen LogP contribution < -0.4 is 5.32 Å². The molecule has 0 radical (unpaired) electrons. The molecule has 0 aromatic carbocycles. The van der Waals surface area contributed by atoms with Crippen molar-refractivity contribution in [1.82, 2.24) is 5.32 Å². The van der Waals surface area contributed by atoms with Gasteiger partial charge in [0.15, 0.2) is 0 Å². The van der Waals surface area contributed by atoms with Crippen molar-refractivity contribution in [3.63, 3.8) is 0 Å². The van der Waals surface area contributed by atoms with E-state index in [9.17, 15) is 9.59 Å². The van der Waals surface area contributed by atoms with Gasteiger partial charge in [0, 0.05) is 11.8 Å². The van der Waals surface area contributed by atoms with E-state index in [2.05, 4.69) is 12.2 Å². The summed E-state index contributed by atoms with van der Waals surface area (Å²) in [7, 11) is 0. The van der Waals surface area contributed by atoms with Crippen molar-refractivity contribution in [3.8, 4) is 0 Å². The maximum absolute atomic E-state index is 11.8. The zero-order valence-electron chi connectivity index (χ0n) is 10.1. The number of hydrogen-bond acceptors (Lipinski definition) is 3. The minimum atomic E-state index is -0.465. The number of carbonyl (C=O) groups excluding carboxylic acids is 2. The number of rotatable bonds is 3. The van der Waals surface area contributed by atoms with E-state index in [0.29, 0.717) is 13.0 Å². The van der Waals surface area contributed by atoms with Gasteiger partial charge in [-0.3, -0.25) is 4.79 Å². The second-order valence-electron chi connectivity index (χ2n) is 5.41. The van der Waals surface area contributed by atoms with Crippen LogP contribution >= 0.6 is 0 Å². The molecule has 1 heterocycles. The molecule has 0 bridgehead atoms. The lowest BCUT2D eigenvalue weighted by atomic mass is 9.69. The van der Waals surface area contributed by atoms with E-state index in [1.165, 1.54) is 0 Å². The van der Waals surface area contributed by atoms with Crippen LogP contribution in [0.5, 0.6) is 0 Å². The summed E-state index contributed by atoms with van der Waals surface area (Å²) in [5, 5.41) is 2.76. The van der Waals surface area contributed by atoms with E-state index in [1.54, 1.807) is 6.92 Å². The zero-order chi connectivity index (χ0) is 12.0. The lowest BCUT2D eigenvalue weighted by Gasteiger charge is -2.34. The lowest BCUT2D eigenvalue weighted by Crippen LogP contribution is -2.47. The summed E-state index contributed by atoms with van der Waals surface area (Å²) >= 11 is 0. The number of ether oxygens (including phenoxy) is 1. The molecule has 16 heavy (non-hydrogen) atoms. The lowest BCUT2D eigenvalue weighted by molar-refractivity contribution is -0.149. The Labute approximate surface area is 95.7 Å². The fourth-order valence-electron chi connectivity index (χ4n) is 2.67. The Kier molecular flexibility index (Phi) is 2.48. The van der Waals surface area contributed by atoms with E-state index in [4.69, 9.17) is 4.74 Å². The molecule has 1 N–H and O–H groups in total. The Bertz CT molecular complexity index is 335. The van der Waals surface area contributed by atoms with Crippen molar-refractivity contribution in [2.45, 2.75) is 46.1 Å². The fraction of sp³-hybridized carbons (Fsp3) is 0.833. The van der Waals surface area contributed by atoms with Crippen molar-refractivity contribution < 1.29 is 14.3 Å². The summed E-state index contributed by atoms with van der Waals surface area (Å²) in [6.07, 6.45) is 2.62. The van der Waals surface area contributed by atoms with E-state index in [-0.39, 0.29) is 22.7 Å². The van der Waals surface area contributed by atoms with E-state index < -0.39 is 6.04 Å². The molecule has 0 spiro atoms. The summed E-state index contributed by atoms with van der Waals surface area (Å²) in [5.74, 6) is -0.322. The molecule has 1 saturated carbocycles. The fourth-order valence-corrected chi connectivity index (χ4v) is 2.67. The Balaban J connectivity index is 2.22. The first-order chi connectivity index (χ1) is 7.43. The average Bonchev–Trinajstić information content (AvgIpc) is 2.86. The Morgan fingerprint density at radius 3 is 2.62 bits per heavy atom. The summed E-state index contributed by atoms with van der Waals surface area (Å²) < 4.78 is 5.04. The molecular weight excluding hydrogens is 206 g/mol. The molecule has 1 aliphatic carbocycles. The van der Waals surface area contributed by atoms with E-state index >= 15 is 0 Å². The minimum Gasteiger partial charge on any atom is -0.464 e. The van der Waals surface area contributed by atoms with Crippen molar-refractivity contribution in [1.29, 1.82) is 0 Å². The first kappa shape index (κ1) is 11.4. The molecule has 2 atom stereocenters. The van der Waals surface area contributed by atoms with Gasteiger partial charge in [-0.05, 0) is 25.2 Å². The third-order valence-electron chi connectivity index (χ3n) is 4.37. The zero-order valence-corrected chi connectivity index (χ0v) is 10.1. The van der Waals surface area contributed by atoms with Crippen molar-refractivity contribution in [2.24, 2.45) is 10.8 Å². The van der Waals surface area contributed by atoms with E-state index in [0.717, 1.165) is 12.8 Å². The highest BCUT2D eigenvalue weighted by Gasteiger charge is 2.62. The van der Waals surface area contributed by atoms with Crippen LogP contribution in [0.2, 0.25) is 0 Å². The van der Waals surface area contributed by atoms with Crippen LogP contribution in [0, 0.1) is 10.8 Å². The maximum Gasteiger partial charge on any atom is 0.329 e. The molecule has 0 aromatic rings. The molecule has 1 aliphatic heterocycles. The first-order valence-corrected chi connectivity index (χ1v) is 5.89. The molecule has 1 amide bonds. The van der Waals surface area contributed by atoms with Crippen molar-refractivity contribution in [3.05, 3.63) is 0 Å². The number of carbonyl (C=O) groups is 2. The predicted molar refractivity (Wildman–Crippen MR) is 58.6 cm³/mol. The van der Waals surface area contributed by atoms with Gasteiger partial charge in [-0.2, -0.15) is 0 Å². The summed E-state index contributed by atoms with van der Waals surface area (Å²) in [6.45, 7) is 6.32. The smallest absolute Gasteiger partial charge is 0.329 e. The Hall–Kier alpha value is -1.06. The van der Waals surface area contributed by atoms with Crippen LogP contribution in [-0.2, 0) is 14.3 Å². The van der Waals surface area contributed by atoms with Gasteiger partial charge in [-0.1, -0.05) is 13.8 Å². The third kappa shape index (κ3) is 1.51. The van der Waals surface area contributed by atoms with Gasteiger partial charge in [-0.15, -0.1) is 0 Å². The van der Waals surface area contributed by atoms with E-state index in [1.807, 2.05) is 6.92 Å². The maximum atomic E-state index is 11.8. The standard InChI is InChI=1S/C12H19NO3/c1-4-16-10(15)9-12(3,7-8(14)13-9)11(2)5-6-11/h9H,4-7H2,1-3H3,(H,13,14). The van der Waals surface area contributed by atoms with Crippen molar-refractivity contribution in [2.75, 3.05) is 6.61 Å². The number of hydrogen-bond donors (Lipinski definition) is 1. The molecule has 0 aromatic heterocycles. The van der Waals surface area contributed by atoms with Crippen LogP contribution in [-0.4, -0.2) is 24.5 Å². The molecule has 4 heteroatoms.